The zero-order valence-electron chi connectivity index (χ0n) is 10.6. The molecule has 0 aromatic carbocycles. The van der Waals surface area contributed by atoms with E-state index in [1.165, 1.54) is 0 Å². The zero-order chi connectivity index (χ0) is 12.7. The summed E-state index contributed by atoms with van der Waals surface area (Å²) in [7, 11) is 0. The number of hydrogen-bond acceptors (Lipinski definition) is 5. The predicted molar refractivity (Wildman–Crippen MR) is 63.6 cm³/mol. The van der Waals surface area contributed by atoms with Gasteiger partial charge in [-0.1, -0.05) is 0 Å². The molecule has 1 aliphatic rings. The Morgan fingerprint density at radius 3 is 3.00 bits per heavy atom. The molecule has 0 aliphatic carbocycles. The highest BCUT2D eigenvalue weighted by Crippen LogP contribution is 2.16. The summed E-state index contributed by atoms with van der Waals surface area (Å²) in [6.45, 7) is 6.20. The van der Waals surface area contributed by atoms with Crippen molar-refractivity contribution in [2.45, 2.75) is 38.8 Å². The predicted octanol–water partition coefficient (Wildman–Crippen LogP) is 0.315. The Labute approximate surface area is 102 Å². The number of rotatable bonds is 7. The first-order chi connectivity index (χ1) is 8.13. The molecule has 3 unspecified atom stereocenters. The second-order valence-electron chi connectivity index (χ2n) is 4.48. The number of esters is 1. The summed E-state index contributed by atoms with van der Waals surface area (Å²) in [5, 5.41) is 12.9. The fraction of sp³-hybridized carbons (Fsp3) is 0.917. The van der Waals surface area contributed by atoms with Crippen LogP contribution in [-0.4, -0.2) is 49.6 Å². The van der Waals surface area contributed by atoms with Gasteiger partial charge in [0.1, 0.15) is 0 Å². The minimum Gasteiger partial charge on any atom is -0.466 e. The van der Waals surface area contributed by atoms with Crippen LogP contribution in [0.3, 0.4) is 0 Å². The van der Waals surface area contributed by atoms with Gasteiger partial charge in [-0.15, -0.1) is 0 Å². The molecule has 100 valence electrons. The molecule has 1 saturated heterocycles. The maximum atomic E-state index is 11.1. The molecular formula is C12H23NO4. The molecule has 2 N–H and O–H groups in total. The molecule has 0 bridgehead atoms. The molecule has 17 heavy (non-hydrogen) atoms. The van der Waals surface area contributed by atoms with Gasteiger partial charge in [0, 0.05) is 19.2 Å². The summed E-state index contributed by atoms with van der Waals surface area (Å²) in [6.07, 6.45) is 0.426. The standard InChI is InChI=1S/C12H23NO4/c1-3-17-12(15)6-11(14)7-13-9(2)10-4-5-16-8-10/h9-11,13-14H,3-8H2,1-2H3. The van der Waals surface area contributed by atoms with Gasteiger partial charge < -0.3 is 19.9 Å². The molecule has 0 radical (unpaired) electrons. The van der Waals surface area contributed by atoms with Crippen LogP contribution in [0.1, 0.15) is 26.7 Å². The van der Waals surface area contributed by atoms with E-state index in [-0.39, 0.29) is 12.4 Å². The molecule has 5 heteroatoms. The molecule has 0 aromatic rings. The Morgan fingerprint density at radius 2 is 2.41 bits per heavy atom. The van der Waals surface area contributed by atoms with Gasteiger partial charge >= 0.3 is 5.97 Å². The highest BCUT2D eigenvalue weighted by Gasteiger charge is 2.22. The lowest BCUT2D eigenvalue weighted by Gasteiger charge is -2.21. The van der Waals surface area contributed by atoms with E-state index in [2.05, 4.69) is 12.2 Å². The minimum absolute atomic E-state index is 0.0503. The topological polar surface area (TPSA) is 67.8 Å². The maximum absolute atomic E-state index is 11.1. The number of carbonyl (C=O) groups excluding carboxylic acids is 1. The van der Waals surface area contributed by atoms with Crippen molar-refractivity contribution in [3.63, 3.8) is 0 Å². The largest absolute Gasteiger partial charge is 0.466 e. The van der Waals surface area contributed by atoms with E-state index in [9.17, 15) is 9.90 Å². The number of aliphatic hydroxyl groups excluding tert-OH is 1. The number of carbonyl (C=O) groups is 1. The third-order valence-electron chi connectivity index (χ3n) is 3.06. The number of ether oxygens (including phenoxy) is 2. The van der Waals surface area contributed by atoms with E-state index < -0.39 is 6.10 Å². The van der Waals surface area contributed by atoms with E-state index in [1.54, 1.807) is 6.92 Å². The third kappa shape index (κ3) is 5.48. The molecule has 1 rings (SSSR count). The number of aliphatic hydroxyl groups is 1. The van der Waals surface area contributed by atoms with E-state index in [1.807, 2.05) is 0 Å². The Hall–Kier alpha value is -0.650. The molecule has 0 saturated carbocycles. The molecular weight excluding hydrogens is 222 g/mol. The number of nitrogens with one attached hydrogen (secondary N) is 1. The molecule has 1 aliphatic heterocycles. The maximum Gasteiger partial charge on any atom is 0.308 e. The van der Waals surface area contributed by atoms with Crippen LogP contribution in [0.4, 0.5) is 0 Å². The van der Waals surface area contributed by atoms with Crippen molar-refractivity contribution < 1.29 is 19.4 Å². The van der Waals surface area contributed by atoms with Crippen LogP contribution >= 0.6 is 0 Å². The first-order valence-corrected chi connectivity index (χ1v) is 6.28. The van der Waals surface area contributed by atoms with Crippen molar-refractivity contribution in [2.75, 3.05) is 26.4 Å². The molecule has 3 atom stereocenters. The summed E-state index contributed by atoms with van der Waals surface area (Å²) < 4.78 is 10.1. The van der Waals surface area contributed by atoms with Gasteiger partial charge in [-0.3, -0.25) is 4.79 Å². The van der Waals surface area contributed by atoms with E-state index in [0.29, 0.717) is 25.1 Å². The van der Waals surface area contributed by atoms with Gasteiger partial charge in [-0.25, -0.2) is 0 Å². The highest BCUT2D eigenvalue weighted by molar-refractivity contribution is 5.69. The van der Waals surface area contributed by atoms with Crippen LogP contribution in [0.2, 0.25) is 0 Å². The fourth-order valence-electron chi connectivity index (χ4n) is 1.92. The van der Waals surface area contributed by atoms with Crippen molar-refractivity contribution in [1.29, 1.82) is 0 Å². The lowest BCUT2D eigenvalue weighted by molar-refractivity contribution is -0.145. The third-order valence-corrected chi connectivity index (χ3v) is 3.06. The lowest BCUT2D eigenvalue weighted by atomic mass is 10.0. The summed E-state index contributed by atoms with van der Waals surface area (Å²) in [6, 6.07) is 0.300. The van der Waals surface area contributed by atoms with Gasteiger partial charge in [-0.05, 0) is 26.2 Å². The Bertz CT molecular complexity index is 229. The Balaban J connectivity index is 2.13. The fourth-order valence-corrected chi connectivity index (χ4v) is 1.92. The number of hydrogen-bond donors (Lipinski definition) is 2. The highest BCUT2D eigenvalue weighted by atomic mass is 16.5. The monoisotopic (exact) mass is 245 g/mol. The van der Waals surface area contributed by atoms with Crippen LogP contribution in [0.25, 0.3) is 0 Å². The second-order valence-corrected chi connectivity index (χ2v) is 4.48. The average molecular weight is 245 g/mol. The SMILES string of the molecule is CCOC(=O)CC(O)CNC(C)C1CCOC1. The van der Waals surface area contributed by atoms with Crippen LogP contribution in [0.15, 0.2) is 0 Å². The molecule has 0 amide bonds. The van der Waals surface area contributed by atoms with Crippen molar-refractivity contribution in [1.82, 2.24) is 5.32 Å². The van der Waals surface area contributed by atoms with E-state index in [4.69, 9.17) is 9.47 Å². The van der Waals surface area contributed by atoms with E-state index >= 15 is 0 Å². The van der Waals surface area contributed by atoms with Gasteiger partial charge in [0.25, 0.3) is 0 Å². The van der Waals surface area contributed by atoms with Crippen LogP contribution in [0, 0.1) is 5.92 Å². The van der Waals surface area contributed by atoms with Crippen LogP contribution in [-0.2, 0) is 14.3 Å². The van der Waals surface area contributed by atoms with Gasteiger partial charge in [0.2, 0.25) is 0 Å². The van der Waals surface area contributed by atoms with Gasteiger partial charge in [0.05, 0.1) is 25.7 Å². The molecule has 0 spiro atoms. The summed E-state index contributed by atoms with van der Waals surface area (Å²) in [4.78, 5) is 11.1. The average Bonchev–Trinajstić information content (AvgIpc) is 2.79. The van der Waals surface area contributed by atoms with Crippen molar-refractivity contribution in [3.8, 4) is 0 Å². The molecule has 5 nitrogen and oxygen atoms in total. The Morgan fingerprint density at radius 1 is 1.65 bits per heavy atom. The minimum atomic E-state index is -0.682. The van der Waals surface area contributed by atoms with Crippen LogP contribution < -0.4 is 5.32 Å². The Kier molecular flexibility index (Phi) is 6.47. The summed E-state index contributed by atoms with van der Waals surface area (Å²) in [5.74, 6) is 0.156. The van der Waals surface area contributed by atoms with Gasteiger partial charge in [-0.2, -0.15) is 0 Å². The first-order valence-electron chi connectivity index (χ1n) is 6.28. The summed E-state index contributed by atoms with van der Waals surface area (Å²) >= 11 is 0. The normalized spacial score (nSPS) is 23.4. The zero-order valence-corrected chi connectivity index (χ0v) is 10.6. The molecule has 1 heterocycles. The van der Waals surface area contributed by atoms with Crippen LogP contribution in [0.5, 0.6) is 0 Å². The first kappa shape index (κ1) is 14.4. The lowest BCUT2D eigenvalue weighted by Crippen LogP contribution is -2.39. The van der Waals surface area contributed by atoms with E-state index in [0.717, 1.165) is 19.6 Å². The van der Waals surface area contributed by atoms with Gasteiger partial charge in [0.15, 0.2) is 0 Å². The smallest absolute Gasteiger partial charge is 0.308 e. The van der Waals surface area contributed by atoms with Crippen molar-refractivity contribution in [2.24, 2.45) is 5.92 Å². The van der Waals surface area contributed by atoms with Crippen molar-refractivity contribution >= 4 is 5.97 Å². The second kappa shape index (κ2) is 7.63. The van der Waals surface area contributed by atoms with Crippen molar-refractivity contribution in [3.05, 3.63) is 0 Å². The quantitative estimate of drug-likeness (QED) is 0.632. The molecule has 1 fully saturated rings. The summed E-state index contributed by atoms with van der Waals surface area (Å²) in [5.41, 5.74) is 0. The molecule has 0 aromatic heterocycles.